The molecular weight excluding hydrogens is 552 g/mol. The second kappa shape index (κ2) is 11.2. The normalized spacial score (nSPS) is 42.8. The largest absolute Gasteiger partial charge is 0.466 e. The van der Waals surface area contributed by atoms with Gasteiger partial charge < -0.3 is 14.2 Å². The Balaban J connectivity index is 1.64. The highest BCUT2D eigenvalue weighted by molar-refractivity contribution is 9.10. The molecule has 11 atom stereocenters. The first kappa shape index (κ1) is 29.5. The Morgan fingerprint density at radius 1 is 1.00 bits per heavy atom. The summed E-state index contributed by atoms with van der Waals surface area (Å²) in [4.78, 5) is 50.0. The number of carbonyl (C=O) groups is 4. The van der Waals surface area contributed by atoms with E-state index < -0.39 is 0 Å². The van der Waals surface area contributed by atoms with Gasteiger partial charge in [-0.25, -0.2) is 0 Å². The number of Topliss-reactive ketones (excluding diaryl/α,β-unsaturated/α-hetero) is 1. The van der Waals surface area contributed by atoms with Gasteiger partial charge in [0.1, 0.15) is 18.0 Å². The van der Waals surface area contributed by atoms with Crippen molar-refractivity contribution in [3.63, 3.8) is 0 Å². The first-order chi connectivity index (χ1) is 17.8. The van der Waals surface area contributed by atoms with Gasteiger partial charge in [-0.1, -0.05) is 36.7 Å². The lowest BCUT2D eigenvalue weighted by Crippen LogP contribution is -2.64. The van der Waals surface area contributed by atoms with Crippen LogP contribution in [0.2, 0.25) is 0 Å². The maximum absolute atomic E-state index is 14.1. The number of esters is 3. The molecule has 0 unspecified atom stereocenters. The smallest absolute Gasteiger partial charge is 0.305 e. The van der Waals surface area contributed by atoms with Gasteiger partial charge in [-0.15, -0.1) is 0 Å². The maximum atomic E-state index is 14.1. The molecule has 4 aliphatic rings. The van der Waals surface area contributed by atoms with Crippen LogP contribution in [0.4, 0.5) is 0 Å². The van der Waals surface area contributed by atoms with Gasteiger partial charge in [0.15, 0.2) is 0 Å². The van der Waals surface area contributed by atoms with E-state index in [2.05, 4.69) is 36.7 Å². The third-order valence-electron chi connectivity index (χ3n) is 11.0. The van der Waals surface area contributed by atoms with E-state index in [1.165, 1.54) is 13.8 Å². The number of halogens is 1. The minimum absolute atomic E-state index is 0.0670. The van der Waals surface area contributed by atoms with Crippen molar-refractivity contribution in [1.29, 1.82) is 0 Å². The molecule has 0 amide bonds. The fraction of sp³-hybridized carbons (Fsp3) is 0.867. The summed E-state index contributed by atoms with van der Waals surface area (Å²) in [6.45, 7) is 11.9. The SMILES string of the molecule is CCOC(=O)CC[C@H](C)[C@H]1CC[C@@H]2[C@H]3C(=O)[C@@H](Br)[C@@H]4C[C@H](OC(C)=O)CC[C@]4(C)[C@@H]3C[C@H](OC(C)=O)[C@@]21C. The Morgan fingerprint density at radius 3 is 2.32 bits per heavy atom. The van der Waals surface area contributed by atoms with Gasteiger partial charge >= 0.3 is 17.9 Å². The monoisotopic (exact) mass is 596 g/mol. The second-order valence-corrected chi connectivity index (χ2v) is 13.9. The highest BCUT2D eigenvalue weighted by Gasteiger charge is 2.68. The van der Waals surface area contributed by atoms with Gasteiger partial charge in [-0.05, 0) is 86.9 Å². The van der Waals surface area contributed by atoms with Crippen LogP contribution in [-0.4, -0.2) is 47.3 Å². The summed E-state index contributed by atoms with van der Waals surface area (Å²) in [7, 11) is 0. The van der Waals surface area contributed by atoms with Crippen LogP contribution in [0.5, 0.6) is 0 Å². The molecule has 8 heteroatoms. The van der Waals surface area contributed by atoms with Crippen molar-refractivity contribution in [3.8, 4) is 0 Å². The van der Waals surface area contributed by atoms with Crippen LogP contribution in [0.3, 0.4) is 0 Å². The summed E-state index contributed by atoms with van der Waals surface area (Å²) in [5.41, 5.74) is -0.446. The zero-order valence-electron chi connectivity index (χ0n) is 23.8. The molecule has 0 aromatic rings. The standard InChI is InChI=1S/C30H45BrO7/c1-7-36-25(34)11-8-16(2)20-9-10-21-26-22(15-24(30(20,21)6)38-18(4)33)29(5)13-12-19(37-17(3)32)14-23(29)27(31)28(26)35/h16,19-24,26-27H,7-15H2,1-6H3/t16-,19+,20+,21+,22+,23-,24-,26+,27-,29+,30+/m0/s1. The van der Waals surface area contributed by atoms with Gasteiger partial charge in [0, 0.05) is 31.6 Å². The van der Waals surface area contributed by atoms with Crippen LogP contribution in [0.1, 0.15) is 92.9 Å². The topological polar surface area (TPSA) is 96.0 Å². The van der Waals surface area contributed by atoms with Gasteiger partial charge in [0.05, 0.1) is 11.4 Å². The molecule has 0 aromatic carbocycles. The zero-order chi connectivity index (χ0) is 28.0. The summed E-state index contributed by atoms with van der Waals surface area (Å²) in [5, 5.41) is 0. The fourth-order valence-corrected chi connectivity index (χ4v) is 10.4. The van der Waals surface area contributed by atoms with E-state index in [9.17, 15) is 19.2 Å². The van der Waals surface area contributed by atoms with Gasteiger partial charge in [0.25, 0.3) is 0 Å². The first-order valence-corrected chi connectivity index (χ1v) is 15.4. The lowest BCUT2D eigenvalue weighted by Gasteiger charge is -2.63. The summed E-state index contributed by atoms with van der Waals surface area (Å²) >= 11 is 3.83. The maximum Gasteiger partial charge on any atom is 0.305 e. The molecule has 0 aliphatic heterocycles. The minimum Gasteiger partial charge on any atom is -0.466 e. The molecule has 0 spiro atoms. The van der Waals surface area contributed by atoms with Crippen molar-refractivity contribution in [2.24, 2.45) is 46.3 Å². The van der Waals surface area contributed by atoms with E-state index in [1.54, 1.807) is 0 Å². The van der Waals surface area contributed by atoms with Crippen LogP contribution >= 0.6 is 15.9 Å². The van der Waals surface area contributed by atoms with Crippen molar-refractivity contribution < 1.29 is 33.4 Å². The zero-order valence-corrected chi connectivity index (χ0v) is 25.4. The summed E-state index contributed by atoms with van der Waals surface area (Å²) in [5.74, 6) is 0.235. The predicted molar refractivity (Wildman–Crippen MR) is 145 cm³/mol. The van der Waals surface area contributed by atoms with Crippen LogP contribution in [0, 0.1) is 46.3 Å². The molecular formula is C30H45BrO7. The molecule has 0 aromatic heterocycles. The van der Waals surface area contributed by atoms with Crippen LogP contribution in [-0.2, 0) is 33.4 Å². The lowest BCUT2D eigenvalue weighted by molar-refractivity contribution is -0.196. The molecule has 38 heavy (non-hydrogen) atoms. The van der Waals surface area contributed by atoms with E-state index in [0.717, 1.165) is 32.1 Å². The van der Waals surface area contributed by atoms with Crippen LogP contribution in [0.25, 0.3) is 0 Å². The Kier molecular flexibility index (Phi) is 8.71. The number of rotatable bonds is 7. The lowest BCUT2D eigenvalue weighted by atomic mass is 9.43. The van der Waals surface area contributed by atoms with Gasteiger partial charge in [0.2, 0.25) is 0 Å². The molecule has 4 rings (SSSR count). The molecule has 4 aliphatic carbocycles. The van der Waals surface area contributed by atoms with Crippen molar-refractivity contribution in [2.75, 3.05) is 6.61 Å². The molecule has 4 saturated carbocycles. The molecule has 4 fully saturated rings. The third-order valence-corrected chi connectivity index (χ3v) is 12.1. The average molecular weight is 598 g/mol. The molecule has 7 nitrogen and oxygen atoms in total. The number of fused-ring (bicyclic) bond motifs is 5. The predicted octanol–water partition coefficient (Wildman–Crippen LogP) is 5.65. The summed E-state index contributed by atoms with van der Waals surface area (Å²) in [6, 6.07) is 0. The summed E-state index contributed by atoms with van der Waals surface area (Å²) < 4.78 is 16.9. The average Bonchev–Trinajstić information content (AvgIpc) is 3.20. The van der Waals surface area contributed by atoms with Crippen LogP contribution < -0.4 is 0 Å². The van der Waals surface area contributed by atoms with Crippen molar-refractivity contribution in [2.45, 2.75) is 110 Å². The molecule has 214 valence electrons. The number of ether oxygens (including phenoxy) is 3. The molecule has 0 N–H and O–H groups in total. The van der Waals surface area contributed by atoms with Gasteiger partial charge in [-0.3, -0.25) is 19.2 Å². The fourth-order valence-electron chi connectivity index (χ4n) is 9.31. The van der Waals surface area contributed by atoms with E-state index >= 15 is 0 Å². The highest BCUT2D eigenvalue weighted by atomic mass is 79.9. The summed E-state index contributed by atoms with van der Waals surface area (Å²) in [6.07, 6.45) is 5.56. The van der Waals surface area contributed by atoms with Gasteiger partial charge in [-0.2, -0.15) is 0 Å². The van der Waals surface area contributed by atoms with Crippen molar-refractivity contribution in [1.82, 2.24) is 0 Å². The first-order valence-electron chi connectivity index (χ1n) is 14.5. The van der Waals surface area contributed by atoms with E-state index in [0.29, 0.717) is 25.9 Å². The Hall–Kier alpha value is -1.44. The van der Waals surface area contributed by atoms with Crippen molar-refractivity contribution >= 4 is 39.6 Å². The second-order valence-electron chi connectivity index (χ2n) is 12.9. The number of carbonyl (C=O) groups excluding carboxylic acids is 4. The molecule has 0 heterocycles. The van der Waals surface area contributed by atoms with E-state index in [4.69, 9.17) is 14.2 Å². The number of alkyl halides is 1. The molecule has 0 bridgehead atoms. The highest BCUT2D eigenvalue weighted by Crippen LogP contribution is 2.68. The molecule has 0 saturated heterocycles. The van der Waals surface area contributed by atoms with Crippen LogP contribution in [0.15, 0.2) is 0 Å². The minimum atomic E-state index is -0.332. The Labute approximate surface area is 235 Å². The number of ketones is 1. The Morgan fingerprint density at radius 2 is 1.68 bits per heavy atom. The Bertz CT molecular complexity index is 951. The number of hydrogen-bond acceptors (Lipinski definition) is 7. The third kappa shape index (κ3) is 5.08. The number of hydrogen-bond donors (Lipinski definition) is 0. The quantitative estimate of drug-likeness (QED) is 0.213. The van der Waals surface area contributed by atoms with E-state index in [1.807, 2.05) is 6.92 Å². The van der Waals surface area contributed by atoms with Crippen molar-refractivity contribution in [3.05, 3.63) is 0 Å². The molecule has 0 radical (unpaired) electrons. The van der Waals surface area contributed by atoms with E-state index in [-0.39, 0.29) is 87.1 Å².